The number of cyclic esters (lactones) is 1. The number of aliphatic hydroxyl groups excluding tert-OH is 1. The van der Waals surface area contributed by atoms with Crippen LogP contribution in [0.3, 0.4) is 0 Å². The first kappa shape index (κ1) is 64.8. The molecule has 2 N–H and O–H groups in total. The molecule has 0 bridgehead atoms. The molecule has 3 aliphatic heterocycles. The number of rotatable bonds is 20. The smallest absolute Gasteiger partial charge is 0.339 e. The number of carbonyl (C=O) groups is 4. The van der Waals surface area contributed by atoms with E-state index in [2.05, 4.69) is 0 Å². The predicted molar refractivity (Wildman–Crippen MR) is 308 cm³/mol. The van der Waals surface area contributed by atoms with E-state index < -0.39 is 78.2 Å². The third-order valence-corrected chi connectivity index (χ3v) is 13.5. The van der Waals surface area contributed by atoms with Gasteiger partial charge in [-0.2, -0.15) is 0 Å². The van der Waals surface area contributed by atoms with Crippen LogP contribution in [0, 0.1) is 0 Å². The lowest BCUT2D eigenvalue weighted by molar-refractivity contribution is -0.156. The third-order valence-electron chi connectivity index (χ3n) is 13.5. The van der Waals surface area contributed by atoms with Gasteiger partial charge >= 0.3 is 23.9 Å². The molecule has 2 fully saturated rings. The van der Waals surface area contributed by atoms with Gasteiger partial charge in [0.05, 0.1) is 96.4 Å². The van der Waals surface area contributed by atoms with E-state index in [9.17, 15) is 29.4 Å². The molecule has 0 spiro atoms. The summed E-state index contributed by atoms with van der Waals surface area (Å²) < 4.78 is 74.5. The summed E-state index contributed by atoms with van der Waals surface area (Å²) >= 11 is 0. The van der Waals surface area contributed by atoms with Gasteiger partial charge in [0.2, 0.25) is 0 Å². The van der Waals surface area contributed by atoms with Crippen LogP contribution in [0.4, 0.5) is 0 Å². The van der Waals surface area contributed by atoms with E-state index in [1.165, 1.54) is 40.6 Å². The number of aromatic carboxylic acids is 1. The van der Waals surface area contributed by atoms with E-state index in [1.54, 1.807) is 58.4 Å². The minimum Gasteiger partial charge on any atom is -0.497 e. The topological polar surface area (TPSA) is 229 Å². The van der Waals surface area contributed by atoms with Crippen LogP contribution in [0.1, 0.15) is 131 Å². The Labute approximate surface area is 485 Å². The van der Waals surface area contributed by atoms with Crippen LogP contribution in [0.2, 0.25) is 0 Å². The Morgan fingerprint density at radius 2 is 1.30 bits per heavy atom. The summed E-state index contributed by atoms with van der Waals surface area (Å²) in [7, 11) is 8.60. The van der Waals surface area contributed by atoms with E-state index in [4.69, 9.17) is 61.6 Å². The fourth-order valence-electron chi connectivity index (χ4n) is 9.54. The molecule has 0 saturated carbocycles. The number of carboxylic acids is 1. The number of ether oxygens (including phenoxy) is 13. The molecule has 2 saturated heterocycles. The second kappa shape index (κ2) is 30.3. The average molecular weight is 1150 g/mol. The highest BCUT2D eigenvalue weighted by Crippen LogP contribution is 2.37. The van der Waals surface area contributed by atoms with Crippen molar-refractivity contribution in [1.29, 1.82) is 0 Å². The molecule has 83 heavy (non-hydrogen) atoms. The van der Waals surface area contributed by atoms with Gasteiger partial charge in [0.15, 0.2) is 11.6 Å². The molecule has 4 aromatic rings. The highest BCUT2D eigenvalue weighted by Gasteiger charge is 2.46. The summed E-state index contributed by atoms with van der Waals surface area (Å²) in [6.07, 6.45) is 12.6. The van der Waals surface area contributed by atoms with Crippen LogP contribution in [-0.4, -0.2) is 137 Å². The minimum atomic E-state index is -1.27. The summed E-state index contributed by atoms with van der Waals surface area (Å²) in [4.78, 5) is 50.4. The summed E-state index contributed by atoms with van der Waals surface area (Å²) in [6, 6.07) is 21.3. The molecular weight excluding hydrogens is 1070 g/mol. The first-order valence-electron chi connectivity index (χ1n) is 27.2. The van der Waals surface area contributed by atoms with Crippen molar-refractivity contribution in [3.8, 4) is 23.0 Å². The van der Waals surface area contributed by atoms with Crippen molar-refractivity contribution in [2.24, 2.45) is 0 Å². The number of fused-ring (bicyclic) bond motifs is 2. The van der Waals surface area contributed by atoms with Crippen molar-refractivity contribution in [2.75, 3.05) is 42.7 Å². The Kier molecular flexibility index (Phi) is 23.6. The van der Waals surface area contributed by atoms with E-state index in [-0.39, 0.29) is 33.9 Å². The van der Waals surface area contributed by atoms with Crippen molar-refractivity contribution in [2.45, 2.75) is 141 Å². The van der Waals surface area contributed by atoms with Crippen molar-refractivity contribution in [3.05, 3.63) is 154 Å². The Hall–Kier alpha value is -7.36. The number of aliphatic hydroxyl groups is 1. The monoisotopic (exact) mass is 1150 g/mol. The van der Waals surface area contributed by atoms with Crippen LogP contribution in [-0.2, 0) is 55.8 Å². The average Bonchev–Trinajstić information content (AvgIpc) is 4.21. The molecular formula is C64H78O19. The normalized spacial score (nSPS) is 22.2. The van der Waals surface area contributed by atoms with Crippen molar-refractivity contribution >= 4 is 36.0 Å². The lowest BCUT2D eigenvalue weighted by Crippen LogP contribution is -2.36. The van der Waals surface area contributed by atoms with Crippen LogP contribution in [0.25, 0.3) is 12.2 Å². The molecule has 19 heteroatoms. The van der Waals surface area contributed by atoms with Gasteiger partial charge in [-0.1, -0.05) is 72.9 Å². The molecule has 19 nitrogen and oxygen atoms in total. The summed E-state index contributed by atoms with van der Waals surface area (Å²) in [6.45, 7) is 11.5. The largest absolute Gasteiger partial charge is 0.497 e. The quantitative estimate of drug-likeness (QED) is 0.0476. The van der Waals surface area contributed by atoms with Gasteiger partial charge in [0.1, 0.15) is 53.5 Å². The zero-order valence-corrected chi connectivity index (χ0v) is 49.2. The maximum Gasteiger partial charge on any atom is 0.339 e. The number of carbonyl (C=O) groups excluding carboxylic acids is 3. The van der Waals surface area contributed by atoms with Gasteiger partial charge in [-0.15, -0.1) is 0 Å². The van der Waals surface area contributed by atoms with Gasteiger partial charge in [-0.3, -0.25) is 0 Å². The summed E-state index contributed by atoms with van der Waals surface area (Å²) in [5.41, 5.74) is 2.56. The molecule has 0 amide bonds. The van der Waals surface area contributed by atoms with Crippen LogP contribution >= 0.6 is 0 Å². The number of methoxy groups -OCH3 is 6. The van der Waals surface area contributed by atoms with Crippen molar-refractivity contribution in [1.82, 2.24) is 0 Å². The molecule has 0 aliphatic carbocycles. The fourth-order valence-corrected chi connectivity index (χ4v) is 9.54. The number of benzene rings is 4. The number of esters is 3. The standard InChI is InChI=1S/C32H40O10.C32H38O9/c1-20(33)9-7-11-26(40-19-21-13-15-23(37-4)16-14-21)29-27(41-32(2,3)42-29)12-8-10-22-17-24(38-5)18-25(31(36)39-6)28(22)30(34)35;1-20-9-7-11-26(38-19-21-13-15-23(35-4)16-14-21)29-27(40-32(2,3)41-29)12-8-10-22-17-24(36-5)18-25(30(33)37-6)28(22)31(34)39-20/h7-8,10-11,13-18,20,26-27,29,33H,9,12,19H2,1-6H3,(H,34,35);7-8,10-11,13-18,20,26-27,29H,9,12,19H2,1-6H3/b10-8+,11-7-;10-8?,11-7-/t2*20-,26?,27-,29+/m00/s1. The van der Waals surface area contributed by atoms with Crippen LogP contribution in [0.15, 0.2) is 109 Å². The molecule has 0 radical (unpaired) electrons. The van der Waals surface area contributed by atoms with Crippen LogP contribution in [0.5, 0.6) is 23.0 Å². The van der Waals surface area contributed by atoms with E-state index in [0.29, 0.717) is 56.0 Å². The Morgan fingerprint density at radius 1 is 0.711 bits per heavy atom. The molecule has 7 rings (SSSR count). The van der Waals surface area contributed by atoms with Gasteiger partial charge in [0, 0.05) is 6.42 Å². The Balaban J connectivity index is 0.000000267. The molecule has 8 atom stereocenters. The molecule has 3 aliphatic rings. The highest BCUT2D eigenvalue weighted by molar-refractivity contribution is 6.06. The number of hydrogen-bond donors (Lipinski definition) is 2. The predicted octanol–water partition coefficient (Wildman–Crippen LogP) is 10.5. The van der Waals surface area contributed by atoms with Gasteiger partial charge in [-0.05, 0) is 132 Å². The summed E-state index contributed by atoms with van der Waals surface area (Å²) in [5, 5.41) is 19.6. The second-order valence-electron chi connectivity index (χ2n) is 20.8. The second-order valence-corrected chi connectivity index (χ2v) is 20.8. The van der Waals surface area contributed by atoms with Gasteiger partial charge < -0.3 is 71.8 Å². The van der Waals surface area contributed by atoms with Crippen molar-refractivity contribution in [3.63, 3.8) is 0 Å². The Bertz CT molecular complexity index is 2940. The lowest BCUT2D eigenvalue weighted by atomic mass is 9.98. The minimum absolute atomic E-state index is 0.0674. The zero-order valence-electron chi connectivity index (χ0n) is 49.2. The third kappa shape index (κ3) is 18.3. The van der Waals surface area contributed by atoms with Gasteiger partial charge in [-0.25, -0.2) is 19.2 Å². The van der Waals surface area contributed by atoms with E-state index in [0.717, 1.165) is 22.6 Å². The maximum atomic E-state index is 13.4. The SMILES string of the molecule is COC(=O)c1cc(OC)cc(/C=C/C[C@@H]2OC(C)(C)O[C@@H]2C(/C=C\C[C@H](C)O)OCc2ccc(OC)cc2)c1C(=O)O.COC(=O)c1cc(OC)cc2c1C(=O)O[C@@H](C)C/C=C\C(OCc1ccc(OC)cc1)[C@H]1OC(C)(C)O[C@H]1CC=C2. The number of hydrogen-bond acceptors (Lipinski definition) is 18. The molecule has 3 heterocycles. The lowest BCUT2D eigenvalue weighted by Gasteiger charge is -2.25. The molecule has 0 aromatic heterocycles. The van der Waals surface area contributed by atoms with E-state index in [1.807, 2.05) is 107 Å². The first-order chi connectivity index (χ1) is 39.6. The van der Waals surface area contributed by atoms with Crippen molar-refractivity contribution < 1.29 is 91.0 Å². The fraction of sp³-hybridized carbons (Fsp3) is 0.438. The van der Waals surface area contributed by atoms with Gasteiger partial charge in [0.25, 0.3) is 0 Å². The summed E-state index contributed by atoms with van der Waals surface area (Å²) in [5.74, 6) is -2.82. The highest BCUT2D eigenvalue weighted by atomic mass is 16.8. The molecule has 2 unspecified atom stereocenters. The van der Waals surface area contributed by atoms with Crippen LogP contribution < -0.4 is 18.9 Å². The molecule has 448 valence electrons. The number of carboxylic acid groups (broad SMARTS) is 1. The zero-order chi connectivity index (χ0) is 60.4. The Morgan fingerprint density at radius 3 is 1.90 bits per heavy atom. The first-order valence-corrected chi connectivity index (χ1v) is 27.2. The molecule has 4 aromatic carbocycles. The van der Waals surface area contributed by atoms with E-state index >= 15 is 0 Å². The maximum absolute atomic E-state index is 13.4.